The second-order valence-electron chi connectivity index (χ2n) is 21.9. The van der Waals surface area contributed by atoms with E-state index in [2.05, 4.69) is 27.7 Å². The third kappa shape index (κ3) is 7.90. The van der Waals surface area contributed by atoms with Crippen LogP contribution in [0.2, 0.25) is 0 Å². The van der Waals surface area contributed by atoms with E-state index < -0.39 is 110 Å². The molecule has 0 aromatic rings. The lowest BCUT2D eigenvalue weighted by molar-refractivity contribution is -0.390. The first-order chi connectivity index (χ1) is 29.8. The van der Waals surface area contributed by atoms with Crippen molar-refractivity contribution in [2.45, 2.75) is 216 Å². The number of aliphatic hydroxyl groups excluding tert-OH is 8. The molecule has 9 rings (SSSR count). The first kappa shape index (κ1) is 47.4. The van der Waals surface area contributed by atoms with Gasteiger partial charge in [0.1, 0.15) is 61.0 Å². The van der Waals surface area contributed by atoms with Crippen LogP contribution in [0.15, 0.2) is 0 Å². The fraction of sp³-hybridized carbons (Fsp3) is 1.00. The number of hydrogen-bond acceptors (Lipinski definition) is 17. The standard InChI is InChI=1S/C46H76O17/c1-19-8-13-46(56-17-19)20(2)31-29(63-46)16-26-24-15-28(47)27-14-23(9-11-44(27,5)25(24)10-12-45(26,31)6)59-43-40(62-42-37(53)35(51)33(49)22(4)58-42)38(54)39(30(60-43)18-55-7)61-41-36(52)34(50)32(48)21(3)57-41/h19-43,47-54H,8-18H2,1-7H3/t19?,20-,21-,22-,23-,24?,25?,26?,27?,28-,29?,30+,31?,32-,33-,34+,35+,36+,37+,38-,39+,40+,41-,42-,43+,44+,45-,46+/m0/s1. The Bertz CT molecular complexity index is 1580. The lowest BCUT2D eigenvalue weighted by Gasteiger charge is -2.62. The number of fused-ring (bicyclic) bond motifs is 7. The van der Waals surface area contributed by atoms with Crippen molar-refractivity contribution in [2.24, 2.45) is 52.3 Å². The SMILES string of the molecule is COC[C@H]1O[C@@H](O[C@H]2CC[C@]3(C)C4CC[C@@]5(C)C(CC6O[C@]7(CCC(C)CO7)[C@@H](C)C65)C4C[C@H](O)C3C2)[C@H](O[C@@H]2O[C@@H](C)[C@H](O)[C@@H](O)[C@H]2O)[C@@H](O)[C@@H]1O[C@@H]1O[C@@H](C)[C@H](O)[C@@H](O)[C@H]1O. The first-order valence-electron chi connectivity index (χ1n) is 24.0. The van der Waals surface area contributed by atoms with Crippen molar-refractivity contribution in [3.63, 3.8) is 0 Å². The minimum absolute atomic E-state index is 0.0627. The molecule has 17 heteroatoms. The van der Waals surface area contributed by atoms with Crippen molar-refractivity contribution in [3.8, 4) is 0 Å². The fourth-order valence-corrected chi connectivity index (χ4v) is 14.8. The Morgan fingerprint density at radius 3 is 1.84 bits per heavy atom. The summed E-state index contributed by atoms with van der Waals surface area (Å²) in [6, 6.07) is 0. The van der Waals surface area contributed by atoms with Crippen LogP contribution in [0.3, 0.4) is 0 Å². The van der Waals surface area contributed by atoms with Gasteiger partial charge in [0.2, 0.25) is 0 Å². The highest BCUT2D eigenvalue weighted by Gasteiger charge is 2.70. The maximum absolute atomic E-state index is 12.2. The van der Waals surface area contributed by atoms with E-state index in [0.29, 0.717) is 54.8 Å². The monoisotopic (exact) mass is 901 g/mol. The number of methoxy groups -OCH3 is 1. The van der Waals surface area contributed by atoms with Gasteiger partial charge in [-0.15, -0.1) is 0 Å². The molecule has 0 aromatic heterocycles. The fourth-order valence-electron chi connectivity index (χ4n) is 14.8. The van der Waals surface area contributed by atoms with Gasteiger partial charge in [0, 0.05) is 19.4 Å². The van der Waals surface area contributed by atoms with Crippen molar-refractivity contribution >= 4 is 0 Å². The highest BCUT2D eigenvalue weighted by Crippen LogP contribution is 2.71. The maximum atomic E-state index is 12.2. The van der Waals surface area contributed by atoms with Crippen molar-refractivity contribution in [1.82, 2.24) is 0 Å². The molecule has 5 aliphatic heterocycles. The molecule has 4 saturated carbocycles. The molecule has 0 amide bonds. The van der Waals surface area contributed by atoms with Crippen molar-refractivity contribution in [2.75, 3.05) is 20.3 Å². The molecule has 63 heavy (non-hydrogen) atoms. The molecule has 0 bridgehead atoms. The summed E-state index contributed by atoms with van der Waals surface area (Å²) in [7, 11) is 1.45. The minimum Gasteiger partial charge on any atom is -0.393 e. The van der Waals surface area contributed by atoms with Crippen molar-refractivity contribution in [1.29, 1.82) is 0 Å². The van der Waals surface area contributed by atoms with Gasteiger partial charge in [-0.1, -0.05) is 27.7 Å². The molecule has 7 unspecified atom stereocenters. The Morgan fingerprint density at radius 2 is 1.22 bits per heavy atom. The molecule has 9 fully saturated rings. The molecular weight excluding hydrogens is 824 g/mol. The summed E-state index contributed by atoms with van der Waals surface area (Å²) in [6.07, 6.45) is -13.8. The zero-order valence-electron chi connectivity index (χ0n) is 38.0. The molecule has 9 aliphatic rings. The van der Waals surface area contributed by atoms with Crippen LogP contribution in [-0.2, 0) is 42.6 Å². The van der Waals surface area contributed by atoms with E-state index in [1.54, 1.807) is 0 Å². The van der Waals surface area contributed by atoms with E-state index in [1.807, 2.05) is 0 Å². The lowest BCUT2D eigenvalue weighted by Crippen LogP contribution is -2.67. The smallest absolute Gasteiger partial charge is 0.187 e. The molecule has 0 radical (unpaired) electrons. The molecule has 4 aliphatic carbocycles. The van der Waals surface area contributed by atoms with Crippen LogP contribution in [-0.4, -0.2) is 177 Å². The highest BCUT2D eigenvalue weighted by molar-refractivity contribution is 5.16. The largest absolute Gasteiger partial charge is 0.393 e. The predicted octanol–water partition coefficient (Wildman–Crippen LogP) is 0.947. The van der Waals surface area contributed by atoms with Gasteiger partial charge in [0.25, 0.3) is 0 Å². The number of rotatable bonds is 8. The molecule has 8 N–H and O–H groups in total. The third-order valence-corrected chi connectivity index (χ3v) is 18.4. The van der Waals surface area contributed by atoms with E-state index in [4.69, 9.17) is 42.6 Å². The Hall–Kier alpha value is -0.680. The molecule has 5 saturated heterocycles. The van der Waals surface area contributed by atoms with Gasteiger partial charge in [-0.25, -0.2) is 0 Å². The summed E-state index contributed by atoms with van der Waals surface area (Å²) in [5.74, 6) is 2.02. The van der Waals surface area contributed by atoms with Gasteiger partial charge in [0.05, 0.1) is 43.7 Å². The Kier molecular flexibility index (Phi) is 13.3. The van der Waals surface area contributed by atoms with E-state index in [-0.39, 0.29) is 29.5 Å². The van der Waals surface area contributed by atoms with Crippen LogP contribution >= 0.6 is 0 Å². The van der Waals surface area contributed by atoms with Gasteiger partial charge in [-0.3, -0.25) is 0 Å². The van der Waals surface area contributed by atoms with Gasteiger partial charge >= 0.3 is 0 Å². The van der Waals surface area contributed by atoms with E-state index >= 15 is 0 Å². The molecule has 362 valence electrons. The normalized spacial score (nSPS) is 59.4. The number of aliphatic hydroxyl groups is 8. The van der Waals surface area contributed by atoms with Gasteiger partial charge in [-0.05, 0) is 112 Å². The van der Waals surface area contributed by atoms with Crippen LogP contribution in [0.1, 0.15) is 99.3 Å². The summed E-state index contributed by atoms with van der Waals surface area (Å²) in [5.41, 5.74) is -0.0257. The second-order valence-corrected chi connectivity index (χ2v) is 21.9. The molecular formula is C46H76O17. The zero-order valence-corrected chi connectivity index (χ0v) is 38.0. The predicted molar refractivity (Wildman–Crippen MR) is 219 cm³/mol. The Balaban J connectivity index is 0.921. The lowest BCUT2D eigenvalue weighted by atomic mass is 9.43. The van der Waals surface area contributed by atoms with Gasteiger partial charge < -0.3 is 83.5 Å². The summed E-state index contributed by atoms with van der Waals surface area (Å²) < 4.78 is 56.2. The van der Waals surface area contributed by atoms with E-state index in [0.717, 1.165) is 45.1 Å². The van der Waals surface area contributed by atoms with Crippen LogP contribution in [0.4, 0.5) is 0 Å². The molecule has 1 spiro atoms. The van der Waals surface area contributed by atoms with Crippen LogP contribution < -0.4 is 0 Å². The summed E-state index contributed by atoms with van der Waals surface area (Å²) >= 11 is 0. The van der Waals surface area contributed by atoms with Crippen LogP contribution in [0, 0.1) is 52.3 Å². The van der Waals surface area contributed by atoms with Crippen molar-refractivity contribution < 1.29 is 83.5 Å². The third-order valence-electron chi connectivity index (χ3n) is 18.4. The van der Waals surface area contributed by atoms with Gasteiger partial charge in [0.15, 0.2) is 24.7 Å². The maximum Gasteiger partial charge on any atom is 0.187 e. The Morgan fingerprint density at radius 1 is 0.587 bits per heavy atom. The zero-order chi connectivity index (χ0) is 45.1. The average molecular weight is 901 g/mol. The average Bonchev–Trinajstić information content (AvgIpc) is 3.70. The molecule has 0 aromatic carbocycles. The second kappa shape index (κ2) is 17.7. The van der Waals surface area contributed by atoms with Crippen LogP contribution in [0.25, 0.3) is 0 Å². The van der Waals surface area contributed by atoms with Crippen LogP contribution in [0.5, 0.6) is 0 Å². The number of hydrogen-bond donors (Lipinski definition) is 8. The minimum atomic E-state index is -1.71. The first-order valence-corrected chi connectivity index (χ1v) is 24.0. The molecule has 28 atom stereocenters. The number of ether oxygens (including phenoxy) is 9. The van der Waals surface area contributed by atoms with Gasteiger partial charge in [-0.2, -0.15) is 0 Å². The summed E-state index contributed by atoms with van der Waals surface area (Å²) in [5, 5.41) is 88.1. The van der Waals surface area contributed by atoms with E-state index in [9.17, 15) is 40.9 Å². The summed E-state index contributed by atoms with van der Waals surface area (Å²) in [4.78, 5) is 0. The van der Waals surface area contributed by atoms with Crippen molar-refractivity contribution in [3.05, 3.63) is 0 Å². The topological polar surface area (TPSA) is 245 Å². The quantitative estimate of drug-likeness (QED) is 0.158. The molecule has 17 nitrogen and oxygen atoms in total. The van der Waals surface area contributed by atoms with E-state index in [1.165, 1.54) is 21.0 Å². The highest BCUT2D eigenvalue weighted by atomic mass is 16.8. The summed E-state index contributed by atoms with van der Waals surface area (Å²) in [6.45, 7) is 13.1. The molecule has 5 heterocycles. The Labute approximate surface area is 370 Å².